The van der Waals surface area contributed by atoms with E-state index >= 15 is 0 Å². The van der Waals surface area contributed by atoms with E-state index in [0.29, 0.717) is 0 Å². The third-order valence-electron chi connectivity index (χ3n) is 2.90. The molecule has 0 aromatic heterocycles. The molecule has 8 nitrogen and oxygen atoms in total. The topological polar surface area (TPSA) is 117 Å². The summed E-state index contributed by atoms with van der Waals surface area (Å²) in [7, 11) is 1.64. The van der Waals surface area contributed by atoms with Gasteiger partial charge in [-0.15, -0.1) is 0 Å². The van der Waals surface area contributed by atoms with Gasteiger partial charge in [0.1, 0.15) is 6.54 Å². The maximum Gasteiger partial charge on any atom is 0.322 e. The fourth-order valence-electron chi connectivity index (χ4n) is 1.92. The summed E-state index contributed by atoms with van der Waals surface area (Å²) in [4.78, 5) is 32.8. The molecule has 1 rings (SSSR count). The smallest absolute Gasteiger partial charge is 0.322 e. The minimum atomic E-state index is -1.13. The van der Waals surface area contributed by atoms with Crippen molar-refractivity contribution in [2.75, 3.05) is 20.2 Å². The zero-order valence-electron chi connectivity index (χ0n) is 10.8. The van der Waals surface area contributed by atoms with Crippen LogP contribution >= 0.6 is 0 Å². The van der Waals surface area contributed by atoms with E-state index in [1.165, 1.54) is 0 Å². The molecule has 4 N–H and O–H groups in total. The van der Waals surface area contributed by atoms with Gasteiger partial charge in [0.2, 0.25) is 5.91 Å². The molecule has 3 amide bonds. The van der Waals surface area contributed by atoms with Gasteiger partial charge in [0.25, 0.3) is 0 Å². The lowest BCUT2D eigenvalue weighted by Gasteiger charge is -2.13. The van der Waals surface area contributed by atoms with Crippen LogP contribution in [-0.4, -0.2) is 55.4 Å². The fraction of sp³-hybridized carbons (Fsp3) is 0.727. The lowest BCUT2D eigenvalue weighted by molar-refractivity contribution is -0.137. The Hall–Kier alpha value is -1.83. The summed E-state index contributed by atoms with van der Waals surface area (Å²) in [6.07, 6.45) is 2.68. The van der Waals surface area contributed by atoms with Crippen molar-refractivity contribution in [1.82, 2.24) is 16.0 Å². The molecular weight excluding hydrogens is 254 g/mol. The maximum absolute atomic E-state index is 11.5. The van der Waals surface area contributed by atoms with Crippen molar-refractivity contribution in [3.8, 4) is 0 Å². The Bertz CT molecular complexity index is 347. The summed E-state index contributed by atoms with van der Waals surface area (Å²) in [5.74, 6) is -1.67. The minimum absolute atomic E-state index is 0.0482. The zero-order valence-corrected chi connectivity index (χ0v) is 10.8. The summed E-state index contributed by atoms with van der Waals surface area (Å²) in [6.45, 7) is -0.709. The molecule has 1 aliphatic rings. The molecular formula is C11H19N3O5. The zero-order chi connectivity index (χ0) is 14.3. The lowest BCUT2D eigenvalue weighted by atomic mass is 10.2. The summed E-state index contributed by atoms with van der Waals surface area (Å²) in [5, 5.41) is 15.6. The van der Waals surface area contributed by atoms with Gasteiger partial charge in [-0.3, -0.25) is 9.59 Å². The molecule has 0 heterocycles. The number of carboxylic acid groups (broad SMARTS) is 1. The highest BCUT2D eigenvalue weighted by atomic mass is 16.5. The number of methoxy groups -OCH3 is 1. The second-order valence-corrected chi connectivity index (χ2v) is 4.37. The van der Waals surface area contributed by atoms with Crippen LogP contribution in [0.15, 0.2) is 0 Å². The van der Waals surface area contributed by atoms with Crippen molar-refractivity contribution >= 4 is 17.9 Å². The van der Waals surface area contributed by atoms with E-state index in [9.17, 15) is 14.4 Å². The van der Waals surface area contributed by atoms with Crippen LogP contribution in [0.1, 0.15) is 19.3 Å². The molecule has 0 spiro atoms. The van der Waals surface area contributed by atoms with Gasteiger partial charge in [-0.2, -0.15) is 0 Å². The van der Waals surface area contributed by atoms with Crippen LogP contribution in [0.3, 0.4) is 0 Å². The molecule has 19 heavy (non-hydrogen) atoms. The first kappa shape index (κ1) is 15.2. The van der Waals surface area contributed by atoms with E-state index in [1.54, 1.807) is 7.11 Å². The summed E-state index contributed by atoms with van der Waals surface area (Å²) >= 11 is 0. The van der Waals surface area contributed by atoms with Crippen molar-refractivity contribution < 1.29 is 24.2 Å². The lowest BCUT2D eigenvalue weighted by Crippen LogP contribution is -2.45. The summed E-state index contributed by atoms with van der Waals surface area (Å²) < 4.78 is 5.18. The van der Waals surface area contributed by atoms with Crippen molar-refractivity contribution in [3.05, 3.63) is 0 Å². The van der Waals surface area contributed by atoms with Crippen molar-refractivity contribution in [2.24, 2.45) is 0 Å². The van der Waals surface area contributed by atoms with Crippen LogP contribution in [0.25, 0.3) is 0 Å². The Morgan fingerprint density at radius 2 is 1.95 bits per heavy atom. The summed E-state index contributed by atoms with van der Waals surface area (Å²) in [5.41, 5.74) is 0. The average Bonchev–Trinajstić information content (AvgIpc) is 2.81. The number of urea groups is 1. The Labute approximate surface area is 110 Å². The highest BCUT2D eigenvalue weighted by Crippen LogP contribution is 2.21. The number of hydrogen-bond acceptors (Lipinski definition) is 4. The number of ether oxygens (including phenoxy) is 1. The number of amides is 3. The molecule has 1 saturated carbocycles. The molecule has 1 fully saturated rings. The molecule has 108 valence electrons. The van der Waals surface area contributed by atoms with E-state index in [2.05, 4.69) is 16.0 Å². The number of carboxylic acids is 1. The molecule has 1 aliphatic carbocycles. The molecule has 2 unspecified atom stereocenters. The van der Waals surface area contributed by atoms with Crippen LogP contribution in [0, 0.1) is 0 Å². The van der Waals surface area contributed by atoms with Crippen LogP contribution in [0.4, 0.5) is 4.79 Å². The fourth-order valence-corrected chi connectivity index (χ4v) is 1.92. The minimum Gasteiger partial charge on any atom is -0.480 e. The summed E-state index contributed by atoms with van der Waals surface area (Å²) in [6, 6.07) is -0.390. The molecule has 2 atom stereocenters. The Kier molecular flexibility index (Phi) is 6.07. The van der Waals surface area contributed by atoms with Crippen LogP contribution in [0.2, 0.25) is 0 Å². The van der Waals surface area contributed by atoms with Crippen molar-refractivity contribution in [1.29, 1.82) is 0 Å². The van der Waals surface area contributed by atoms with Gasteiger partial charge in [-0.25, -0.2) is 4.79 Å². The Morgan fingerprint density at radius 3 is 2.53 bits per heavy atom. The molecule has 0 radical (unpaired) electrons. The van der Waals surface area contributed by atoms with Gasteiger partial charge in [-0.05, 0) is 19.3 Å². The van der Waals surface area contributed by atoms with E-state index in [-0.39, 0.29) is 18.7 Å². The third-order valence-corrected chi connectivity index (χ3v) is 2.90. The van der Waals surface area contributed by atoms with Gasteiger partial charge < -0.3 is 25.8 Å². The van der Waals surface area contributed by atoms with E-state index in [4.69, 9.17) is 9.84 Å². The van der Waals surface area contributed by atoms with Crippen LogP contribution < -0.4 is 16.0 Å². The second kappa shape index (κ2) is 7.57. The van der Waals surface area contributed by atoms with E-state index in [0.717, 1.165) is 19.3 Å². The van der Waals surface area contributed by atoms with Gasteiger partial charge in [-0.1, -0.05) is 0 Å². The van der Waals surface area contributed by atoms with Gasteiger partial charge in [0, 0.05) is 13.2 Å². The standard InChI is InChI=1S/C11H19N3O5/c1-19-8-3-2-7(4-8)14-11(18)13-5-9(15)12-6-10(16)17/h7-8H,2-6H2,1H3,(H,12,15)(H,16,17)(H2,13,14,18). The normalized spacial score (nSPS) is 21.7. The predicted octanol–water partition coefficient (Wildman–Crippen LogP) is -0.946. The van der Waals surface area contributed by atoms with Gasteiger partial charge >= 0.3 is 12.0 Å². The highest BCUT2D eigenvalue weighted by Gasteiger charge is 2.25. The highest BCUT2D eigenvalue weighted by molar-refractivity contribution is 5.86. The first-order valence-corrected chi connectivity index (χ1v) is 6.07. The number of carbonyl (C=O) groups is 3. The van der Waals surface area contributed by atoms with E-state index < -0.39 is 24.5 Å². The predicted molar refractivity (Wildman–Crippen MR) is 65.6 cm³/mol. The van der Waals surface area contributed by atoms with Crippen LogP contribution in [-0.2, 0) is 14.3 Å². The average molecular weight is 273 g/mol. The quantitative estimate of drug-likeness (QED) is 0.498. The first-order chi connectivity index (χ1) is 9.01. The molecule has 0 aromatic rings. The molecule has 0 aliphatic heterocycles. The Balaban J connectivity index is 2.14. The third kappa shape index (κ3) is 6.05. The number of nitrogens with one attached hydrogen (secondary N) is 3. The SMILES string of the molecule is COC1CCC(NC(=O)NCC(=O)NCC(=O)O)C1. The maximum atomic E-state index is 11.5. The van der Waals surface area contributed by atoms with E-state index in [1.807, 2.05) is 0 Å². The van der Waals surface area contributed by atoms with Crippen LogP contribution in [0.5, 0.6) is 0 Å². The second-order valence-electron chi connectivity index (χ2n) is 4.37. The monoisotopic (exact) mass is 273 g/mol. The van der Waals surface area contributed by atoms with Gasteiger partial charge in [0.15, 0.2) is 0 Å². The number of aliphatic carboxylic acids is 1. The number of rotatable bonds is 6. The molecule has 8 heteroatoms. The van der Waals surface area contributed by atoms with Crippen molar-refractivity contribution in [2.45, 2.75) is 31.4 Å². The van der Waals surface area contributed by atoms with Gasteiger partial charge in [0.05, 0.1) is 12.6 Å². The number of carbonyl (C=O) groups excluding carboxylic acids is 2. The molecule has 0 bridgehead atoms. The van der Waals surface area contributed by atoms with Crippen molar-refractivity contribution in [3.63, 3.8) is 0 Å². The molecule has 0 aromatic carbocycles. The molecule has 0 saturated heterocycles. The largest absolute Gasteiger partial charge is 0.480 e. The Morgan fingerprint density at radius 1 is 1.21 bits per heavy atom. The number of hydrogen-bond donors (Lipinski definition) is 4. The first-order valence-electron chi connectivity index (χ1n) is 6.07.